The average molecular weight is 353 g/mol. The Bertz CT molecular complexity index is 324. The molecule has 0 aliphatic rings. The van der Waals surface area contributed by atoms with E-state index in [1.807, 2.05) is 6.07 Å². The van der Waals surface area contributed by atoms with Crippen LogP contribution in [0.5, 0.6) is 0 Å². The summed E-state index contributed by atoms with van der Waals surface area (Å²) in [5.41, 5.74) is 0.959. The van der Waals surface area contributed by atoms with Gasteiger partial charge in [0.15, 0.2) is 0 Å². The first-order chi connectivity index (χ1) is 7.52. The van der Waals surface area contributed by atoms with Gasteiger partial charge in [0.2, 0.25) is 0 Å². The fourth-order valence-corrected chi connectivity index (χ4v) is 2.40. The Morgan fingerprint density at radius 2 is 2.00 bits per heavy atom. The highest BCUT2D eigenvalue weighted by Crippen LogP contribution is 2.15. The lowest BCUT2D eigenvalue weighted by atomic mass is 10.1. The molecule has 90 valence electrons. The third-order valence-electron chi connectivity index (χ3n) is 2.65. The lowest BCUT2D eigenvalue weighted by Crippen LogP contribution is -2.32. The van der Waals surface area contributed by atoms with Crippen LogP contribution in [0.2, 0.25) is 0 Å². The van der Waals surface area contributed by atoms with Gasteiger partial charge in [0.05, 0.1) is 0 Å². The van der Waals surface area contributed by atoms with Crippen molar-refractivity contribution in [1.29, 1.82) is 0 Å². The standard InChI is InChI=1S/C12H16Br2FN/c1-8(6-13)9(2)16-7-10-3-11(14)5-12(15)4-10/h3-5,8-9,16H,6-7H2,1-2H3. The zero-order valence-corrected chi connectivity index (χ0v) is 12.6. The minimum Gasteiger partial charge on any atom is -0.310 e. The third-order valence-corrected chi connectivity index (χ3v) is 4.13. The fourth-order valence-electron chi connectivity index (χ4n) is 1.33. The van der Waals surface area contributed by atoms with Crippen LogP contribution in [0.1, 0.15) is 19.4 Å². The topological polar surface area (TPSA) is 12.0 Å². The van der Waals surface area contributed by atoms with Crippen LogP contribution in [0.15, 0.2) is 22.7 Å². The van der Waals surface area contributed by atoms with Crippen molar-refractivity contribution in [3.8, 4) is 0 Å². The van der Waals surface area contributed by atoms with Gasteiger partial charge in [0.1, 0.15) is 5.82 Å². The summed E-state index contributed by atoms with van der Waals surface area (Å²) in [6.07, 6.45) is 0. The predicted octanol–water partition coefficient (Wildman–Crippen LogP) is 4.10. The Balaban J connectivity index is 2.54. The quantitative estimate of drug-likeness (QED) is 0.787. The van der Waals surface area contributed by atoms with Gasteiger partial charge < -0.3 is 5.32 Å². The number of hydrogen-bond donors (Lipinski definition) is 1. The van der Waals surface area contributed by atoms with Gasteiger partial charge in [-0.2, -0.15) is 0 Å². The lowest BCUT2D eigenvalue weighted by molar-refractivity contribution is 0.433. The minimum absolute atomic E-state index is 0.202. The summed E-state index contributed by atoms with van der Waals surface area (Å²) in [6, 6.07) is 5.36. The second-order valence-corrected chi connectivity index (χ2v) is 5.64. The third kappa shape index (κ3) is 4.52. The number of halogens is 3. The summed E-state index contributed by atoms with van der Waals surface area (Å²) in [5, 5.41) is 4.35. The first-order valence-corrected chi connectivity index (χ1v) is 7.18. The summed E-state index contributed by atoms with van der Waals surface area (Å²) in [6.45, 7) is 5.00. The molecule has 0 aromatic heterocycles. The van der Waals surface area contributed by atoms with E-state index in [-0.39, 0.29) is 5.82 Å². The van der Waals surface area contributed by atoms with Crippen LogP contribution in [-0.2, 0) is 6.54 Å². The molecular formula is C12H16Br2FN. The first kappa shape index (κ1) is 14.1. The van der Waals surface area contributed by atoms with Crippen LogP contribution in [0.4, 0.5) is 4.39 Å². The highest BCUT2D eigenvalue weighted by molar-refractivity contribution is 9.10. The van der Waals surface area contributed by atoms with E-state index in [4.69, 9.17) is 0 Å². The van der Waals surface area contributed by atoms with Crippen LogP contribution in [-0.4, -0.2) is 11.4 Å². The largest absolute Gasteiger partial charge is 0.310 e. The van der Waals surface area contributed by atoms with Crippen molar-refractivity contribution in [2.45, 2.75) is 26.4 Å². The first-order valence-electron chi connectivity index (χ1n) is 5.27. The Hall–Kier alpha value is 0.0700. The molecule has 0 heterocycles. The van der Waals surface area contributed by atoms with E-state index in [1.54, 1.807) is 6.07 Å². The molecule has 2 unspecified atom stereocenters. The summed E-state index contributed by atoms with van der Waals surface area (Å²) >= 11 is 6.74. The lowest BCUT2D eigenvalue weighted by Gasteiger charge is -2.19. The minimum atomic E-state index is -0.202. The van der Waals surface area contributed by atoms with Crippen molar-refractivity contribution in [2.24, 2.45) is 5.92 Å². The predicted molar refractivity (Wildman–Crippen MR) is 73.4 cm³/mol. The Morgan fingerprint density at radius 3 is 2.56 bits per heavy atom. The van der Waals surface area contributed by atoms with Gasteiger partial charge in [0.25, 0.3) is 0 Å². The highest BCUT2D eigenvalue weighted by Gasteiger charge is 2.10. The molecule has 0 amide bonds. The van der Waals surface area contributed by atoms with Crippen LogP contribution in [0.3, 0.4) is 0 Å². The molecule has 0 bridgehead atoms. The molecule has 1 aromatic carbocycles. The van der Waals surface area contributed by atoms with Crippen molar-refractivity contribution >= 4 is 31.9 Å². The van der Waals surface area contributed by atoms with E-state index < -0.39 is 0 Å². The second kappa shape index (κ2) is 6.72. The van der Waals surface area contributed by atoms with E-state index in [0.29, 0.717) is 18.5 Å². The maximum absolute atomic E-state index is 13.1. The summed E-state index contributed by atoms with van der Waals surface area (Å²) in [7, 11) is 0. The molecule has 0 saturated heterocycles. The molecule has 0 aliphatic heterocycles. The number of hydrogen-bond acceptors (Lipinski definition) is 1. The Labute approximate surface area is 113 Å². The molecule has 0 spiro atoms. The van der Waals surface area contributed by atoms with Crippen molar-refractivity contribution < 1.29 is 4.39 Å². The Kier molecular flexibility index (Phi) is 5.94. The highest BCUT2D eigenvalue weighted by atomic mass is 79.9. The van der Waals surface area contributed by atoms with Gasteiger partial charge in [-0.25, -0.2) is 4.39 Å². The monoisotopic (exact) mass is 351 g/mol. The molecule has 4 heteroatoms. The average Bonchev–Trinajstić information content (AvgIpc) is 2.23. The molecule has 0 radical (unpaired) electrons. The maximum atomic E-state index is 13.1. The molecule has 0 saturated carbocycles. The molecule has 1 rings (SSSR count). The molecule has 16 heavy (non-hydrogen) atoms. The number of rotatable bonds is 5. The van der Waals surface area contributed by atoms with E-state index in [2.05, 4.69) is 51.0 Å². The fraction of sp³-hybridized carbons (Fsp3) is 0.500. The van der Waals surface area contributed by atoms with E-state index in [9.17, 15) is 4.39 Å². The molecule has 1 aromatic rings. The van der Waals surface area contributed by atoms with E-state index in [1.165, 1.54) is 6.07 Å². The van der Waals surface area contributed by atoms with Crippen LogP contribution < -0.4 is 5.32 Å². The van der Waals surface area contributed by atoms with Gasteiger partial charge in [-0.3, -0.25) is 0 Å². The number of alkyl halides is 1. The van der Waals surface area contributed by atoms with E-state index >= 15 is 0 Å². The van der Waals surface area contributed by atoms with Gasteiger partial charge in [-0.1, -0.05) is 38.8 Å². The van der Waals surface area contributed by atoms with Crippen molar-refractivity contribution in [3.05, 3.63) is 34.1 Å². The number of benzene rings is 1. The van der Waals surface area contributed by atoms with Gasteiger partial charge >= 0.3 is 0 Å². The smallest absolute Gasteiger partial charge is 0.124 e. The van der Waals surface area contributed by atoms with Crippen molar-refractivity contribution in [2.75, 3.05) is 5.33 Å². The van der Waals surface area contributed by atoms with Gasteiger partial charge in [-0.15, -0.1) is 0 Å². The summed E-state index contributed by atoms with van der Waals surface area (Å²) < 4.78 is 13.9. The van der Waals surface area contributed by atoms with Crippen molar-refractivity contribution in [3.63, 3.8) is 0 Å². The van der Waals surface area contributed by atoms with Crippen molar-refractivity contribution in [1.82, 2.24) is 5.32 Å². The van der Waals surface area contributed by atoms with E-state index in [0.717, 1.165) is 15.4 Å². The second-order valence-electron chi connectivity index (χ2n) is 4.08. The molecule has 1 N–H and O–H groups in total. The zero-order valence-electron chi connectivity index (χ0n) is 9.43. The van der Waals surface area contributed by atoms with Crippen LogP contribution in [0.25, 0.3) is 0 Å². The number of nitrogens with one attached hydrogen (secondary N) is 1. The molecular weight excluding hydrogens is 337 g/mol. The maximum Gasteiger partial charge on any atom is 0.124 e. The summed E-state index contributed by atoms with van der Waals surface area (Å²) in [5.74, 6) is 0.351. The molecule has 0 fully saturated rings. The molecule has 1 nitrogen and oxygen atoms in total. The van der Waals surface area contributed by atoms with Crippen LogP contribution >= 0.6 is 31.9 Å². The summed E-state index contributed by atoms with van der Waals surface area (Å²) in [4.78, 5) is 0. The van der Waals surface area contributed by atoms with Gasteiger partial charge in [-0.05, 0) is 36.6 Å². The Morgan fingerprint density at radius 1 is 1.31 bits per heavy atom. The zero-order chi connectivity index (χ0) is 12.1. The SMILES string of the molecule is CC(CBr)C(C)NCc1cc(F)cc(Br)c1. The molecule has 0 aliphatic carbocycles. The van der Waals surface area contributed by atoms with Crippen LogP contribution in [0, 0.1) is 11.7 Å². The normalized spacial score (nSPS) is 14.8. The molecule has 2 atom stereocenters. The van der Waals surface area contributed by atoms with Gasteiger partial charge in [0, 0.05) is 22.4 Å².